The van der Waals surface area contributed by atoms with Gasteiger partial charge in [0.15, 0.2) is 5.82 Å². The predicted octanol–water partition coefficient (Wildman–Crippen LogP) is 2.55. The van der Waals surface area contributed by atoms with Crippen molar-refractivity contribution in [3.05, 3.63) is 15.2 Å². The van der Waals surface area contributed by atoms with Crippen LogP contribution in [0.4, 0.5) is 11.9 Å². The molecule has 1 fully saturated rings. The van der Waals surface area contributed by atoms with Crippen molar-refractivity contribution in [1.29, 1.82) is 0 Å². The molecule has 94 valence electrons. The van der Waals surface area contributed by atoms with Gasteiger partial charge in [0, 0.05) is 33.9 Å². The van der Waals surface area contributed by atoms with Crippen LogP contribution in [0.2, 0.25) is 0 Å². The first-order valence-corrected chi connectivity index (χ1v) is 7.46. The molecule has 2 aromatic heterocycles. The number of nitrogens with zero attached hydrogens (tertiary/aromatic N) is 4. The van der Waals surface area contributed by atoms with Crippen molar-refractivity contribution in [2.75, 3.05) is 23.7 Å². The molecule has 2 N–H and O–H groups in total. The molecule has 7 heteroatoms. The van der Waals surface area contributed by atoms with Crippen LogP contribution in [0.15, 0.2) is 15.2 Å². The van der Waals surface area contributed by atoms with Gasteiger partial charge in [0.05, 0.1) is 0 Å². The number of rotatable bonds is 2. The second-order valence-electron chi connectivity index (χ2n) is 4.14. The number of nitrogens with two attached hydrogens (primary N) is 1. The minimum atomic E-state index is 0.278. The van der Waals surface area contributed by atoms with Crippen LogP contribution in [-0.4, -0.2) is 28.0 Å². The smallest absolute Gasteiger partial charge is 0.230 e. The van der Waals surface area contributed by atoms with Crippen LogP contribution in [-0.2, 0) is 0 Å². The molecule has 2 aromatic rings. The normalized spacial score (nSPS) is 15.3. The summed E-state index contributed by atoms with van der Waals surface area (Å²) < 4.78 is 0.991. The lowest BCUT2D eigenvalue weighted by atomic mass is 10.3. The van der Waals surface area contributed by atoms with Crippen molar-refractivity contribution in [2.45, 2.75) is 12.8 Å². The molecular weight excluding hydrogens is 314 g/mol. The molecular formula is C11H12BrN5S. The predicted molar refractivity (Wildman–Crippen MR) is 76.7 cm³/mol. The van der Waals surface area contributed by atoms with E-state index in [-0.39, 0.29) is 5.95 Å². The zero-order valence-electron chi connectivity index (χ0n) is 9.64. The molecule has 0 spiro atoms. The van der Waals surface area contributed by atoms with E-state index in [4.69, 9.17) is 5.73 Å². The number of halogens is 1. The third-order valence-electron chi connectivity index (χ3n) is 2.89. The summed E-state index contributed by atoms with van der Waals surface area (Å²) in [4.78, 5) is 15.1. The summed E-state index contributed by atoms with van der Waals surface area (Å²) in [6.07, 6.45) is 2.37. The fourth-order valence-corrected chi connectivity index (χ4v) is 3.45. The molecule has 0 atom stereocenters. The zero-order chi connectivity index (χ0) is 12.5. The lowest BCUT2D eigenvalue weighted by Gasteiger charge is -2.15. The van der Waals surface area contributed by atoms with E-state index in [2.05, 4.69) is 35.8 Å². The summed E-state index contributed by atoms with van der Waals surface area (Å²) in [5.74, 6) is 1.60. The van der Waals surface area contributed by atoms with Gasteiger partial charge in [-0.1, -0.05) is 0 Å². The van der Waals surface area contributed by atoms with Gasteiger partial charge >= 0.3 is 0 Å². The van der Waals surface area contributed by atoms with Gasteiger partial charge in [0.25, 0.3) is 0 Å². The molecule has 1 aliphatic rings. The van der Waals surface area contributed by atoms with Crippen LogP contribution in [0.25, 0.3) is 11.4 Å². The van der Waals surface area contributed by atoms with Crippen molar-refractivity contribution < 1.29 is 0 Å². The summed E-state index contributed by atoms with van der Waals surface area (Å²) in [7, 11) is 0. The number of hydrogen-bond acceptors (Lipinski definition) is 6. The summed E-state index contributed by atoms with van der Waals surface area (Å²) in [6, 6.07) is 0. The highest BCUT2D eigenvalue weighted by atomic mass is 79.9. The first-order chi connectivity index (χ1) is 8.74. The maximum atomic E-state index is 5.78. The number of aromatic nitrogens is 3. The van der Waals surface area contributed by atoms with Gasteiger partial charge in [-0.2, -0.15) is 26.3 Å². The monoisotopic (exact) mass is 325 g/mol. The quantitative estimate of drug-likeness (QED) is 0.918. The highest BCUT2D eigenvalue weighted by Crippen LogP contribution is 2.30. The van der Waals surface area contributed by atoms with Crippen molar-refractivity contribution in [2.24, 2.45) is 0 Å². The molecule has 3 heterocycles. The van der Waals surface area contributed by atoms with Crippen LogP contribution in [0, 0.1) is 0 Å². The Balaban J connectivity index is 2.03. The zero-order valence-corrected chi connectivity index (χ0v) is 12.0. The van der Waals surface area contributed by atoms with Crippen LogP contribution in [0.5, 0.6) is 0 Å². The first kappa shape index (κ1) is 11.9. The highest BCUT2D eigenvalue weighted by molar-refractivity contribution is 9.10. The van der Waals surface area contributed by atoms with E-state index in [1.807, 2.05) is 10.8 Å². The molecule has 0 saturated carbocycles. The molecule has 0 radical (unpaired) electrons. The van der Waals surface area contributed by atoms with Gasteiger partial charge < -0.3 is 10.6 Å². The summed E-state index contributed by atoms with van der Waals surface area (Å²) >= 11 is 5.09. The molecule has 0 aromatic carbocycles. The van der Waals surface area contributed by atoms with Crippen LogP contribution < -0.4 is 10.6 Å². The van der Waals surface area contributed by atoms with E-state index in [9.17, 15) is 0 Å². The molecule has 0 bridgehead atoms. The Kier molecular flexibility index (Phi) is 3.17. The van der Waals surface area contributed by atoms with Crippen molar-refractivity contribution in [1.82, 2.24) is 15.0 Å². The molecule has 0 aliphatic carbocycles. The largest absolute Gasteiger partial charge is 0.368 e. The summed E-state index contributed by atoms with van der Waals surface area (Å²) in [5.41, 5.74) is 6.75. The number of anilines is 2. The van der Waals surface area contributed by atoms with Crippen molar-refractivity contribution in [3.8, 4) is 11.4 Å². The third-order valence-corrected chi connectivity index (χ3v) is 4.59. The minimum Gasteiger partial charge on any atom is -0.368 e. The number of thiophene rings is 1. The molecule has 18 heavy (non-hydrogen) atoms. The Hall–Kier alpha value is -1.21. The summed E-state index contributed by atoms with van der Waals surface area (Å²) in [5, 5.41) is 4.01. The van der Waals surface area contributed by atoms with Crippen LogP contribution >= 0.6 is 27.3 Å². The van der Waals surface area contributed by atoms with Gasteiger partial charge in [-0.15, -0.1) is 0 Å². The van der Waals surface area contributed by atoms with E-state index in [1.165, 1.54) is 12.8 Å². The fourth-order valence-electron chi connectivity index (χ4n) is 2.00. The summed E-state index contributed by atoms with van der Waals surface area (Å²) in [6.45, 7) is 1.99. The molecule has 5 nitrogen and oxygen atoms in total. The topological polar surface area (TPSA) is 67.9 Å². The third kappa shape index (κ3) is 2.20. The Morgan fingerprint density at radius 2 is 1.94 bits per heavy atom. The standard InChI is InChI=1S/C11H12BrN5S/c12-8-6-18-5-7(8)9-14-10(13)16-11(15-9)17-3-1-2-4-17/h5-6H,1-4H2,(H2,13,14,15,16). The Morgan fingerprint density at radius 1 is 1.17 bits per heavy atom. The average Bonchev–Trinajstić information content (AvgIpc) is 2.98. The van der Waals surface area contributed by atoms with E-state index in [0.29, 0.717) is 11.8 Å². The van der Waals surface area contributed by atoms with Gasteiger partial charge in [-0.05, 0) is 28.8 Å². The van der Waals surface area contributed by atoms with E-state index >= 15 is 0 Å². The Morgan fingerprint density at radius 3 is 2.61 bits per heavy atom. The molecule has 0 amide bonds. The van der Waals surface area contributed by atoms with Crippen molar-refractivity contribution in [3.63, 3.8) is 0 Å². The lowest BCUT2D eigenvalue weighted by molar-refractivity contribution is 0.887. The maximum Gasteiger partial charge on any atom is 0.230 e. The van der Waals surface area contributed by atoms with Gasteiger partial charge in [-0.25, -0.2) is 0 Å². The highest BCUT2D eigenvalue weighted by Gasteiger charge is 2.18. The van der Waals surface area contributed by atoms with E-state index in [0.717, 1.165) is 23.1 Å². The van der Waals surface area contributed by atoms with E-state index in [1.54, 1.807) is 11.3 Å². The van der Waals surface area contributed by atoms with Crippen LogP contribution in [0.3, 0.4) is 0 Å². The SMILES string of the molecule is Nc1nc(-c2cscc2Br)nc(N2CCCC2)n1. The number of hydrogen-bond donors (Lipinski definition) is 1. The molecule has 3 rings (SSSR count). The maximum absolute atomic E-state index is 5.78. The minimum absolute atomic E-state index is 0.278. The van der Waals surface area contributed by atoms with Crippen molar-refractivity contribution >= 4 is 39.2 Å². The fraction of sp³-hybridized carbons (Fsp3) is 0.364. The first-order valence-electron chi connectivity index (χ1n) is 5.72. The van der Waals surface area contributed by atoms with Crippen LogP contribution in [0.1, 0.15) is 12.8 Å². The number of nitrogen functional groups attached to an aromatic ring is 1. The van der Waals surface area contributed by atoms with Gasteiger partial charge in [0.1, 0.15) is 0 Å². The second-order valence-corrected chi connectivity index (χ2v) is 5.74. The average molecular weight is 326 g/mol. The van der Waals surface area contributed by atoms with Gasteiger partial charge in [-0.3, -0.25) is 0 Å². The Bertz CT molecular complexity index is 564. The second kappa shape index (κ2) is 4.81. The molecule has 1 saturated heterocycles. The molecule has 0 unspecified atom stereocenters. The Labute approximate surface area is 117 Å². The lowest BCUT2D eigenvalue weighted by Crippen LogP contribution is -2.21. The molecule has 1 aliphatic heterocycles. The van der Waals surface area contributed by atoms with Gasteiger partial charge in [0.2, 0.25) is 11.9 Å². The van der Waals surface area contributed by atoms with E-state index < -0.39 is 0 Å².